The summed E-state index contributed by atoms with van der Waals surface area (Å²) in [5.41, 5.74) is 1.17. The van der Waals surface area contributed by atoms with E-state index < -0.39 is 5.97 Å². The van der Waals surface area contributed by atoms with Gasteiger partial charge in [-0.2, -0.15) is 0 Å². The summed E-state index contributed by atoms with van der Waals surface area (Å²) < 4.78 is 0. The van der Waals surface area contributed by atoms with Gasteiger partial charge < -0.3 is 10.0 Å². The van der Waals surface area contributed by atoms with Crippen LogP contribution in [-0.2, 0) is 4.79 Å². The highest BCUT2D eigenvalue weighted by Gasteiger charge is 2.29. The molecule has 1 aromatic rings. The van der Waals surface area contributed by atoms with Crippen molar-refractivity contribution in [3.05, 3.63) is 30.3 Å². The van der Waals surface area contributed by atoms with Crippen molar-refractivity contribution in [3.63, 3.8) is 0 Å². The van der Waals surface area contributed by atoms with Crippen molar-refractivity contribution in [1.29, 1.82) is 0 Å². The summed E-state index contributed by atoms with van der Waals surface area (Å²) in [5.74, 6) is -0.685. The van der Waals surface area contributed by atoms with Crippen LogP contribution in [0.2, 0.25) is 0 Å². The van der Waals surface area contributed by atoms with Gasteiger partial charge in [-0.25, -0.2) is 0 Å². The standard InChI is InChI=1S/C14H20N2O2/c1-15(12-6-3-2-4-7-12)10-11-16-9-5-8-13(16)14(17)18/h2-4,6-7,13H,5,8-11H2,1H3,(H,17,18)/t13-/m0/s1. The van der Waals surface area contributed by atoms with Gasteiger partial charge in [0.1, 0.15) is 6.04 Å². The molecule has 0 spiro atoms. The van der Waals surface area contributed by atoms with Gasteiger partial charge in [0, 0.05) is 25.8 Å². The number of anilines is 1. The van der Waals surface area contributed by atoms with Crippen molar-refractivity contribution in [2.24, 2.45) is 0 Å². The van der Waals surface area contributed by atoms with E-state index >= 15 is 0 Å². The minimum absolute atomic E-state index is 0.283. The Morgan fingerprint density at radius 1 is 1.44 bits per heavy atom. The Hall–Kier alpha value is -1.55. The van der Waals surface area contributed by atoms with Gasteiger partial charge in [0.2, 0.25) is 0 Å². The molecule has 0 amide bonds. The molecule has 1 atom stereocenters. The second-order valence-corrected chi connectivity index (χ2v) is 4.79. The molecule has 0 radical (unpaired) electrons. The number of carboxylic acid groups (broad SMARTS) is 1. The normalized spacial score (nSPS) is 19.9. The second-order valence-electron chi connectivity index (χ2n) is 4.79. The number of likely N-dealkylation sites (tertiary alicyclic amines) is 1. The van der Waals surface area contributed by atoms with Crippen LogP contribution in [0.4, 0.5) is 5.69 Å². The summed E-state index contributed by atoms with van der Waals surface area (Å²) >= 11 is 0. The van der Waals surface area contributed by atoms with E-state index in [4.69, 9.17) is 5.11 Å². The lowest BCUT2D eigenvalue weighted by Gasteiger charge is -2.25. The number of para-hydroxylation sites is 1. The third-order valence-electron chi connectivity index (χ3n) is 3.57. The number of nitrogens with zero attached hydrogens (tertiary/aromatic N) is 2. The first-order valence-corrected chi connectivity index (χ1v) is 6.41. The maximum atomic E-state index is 11.1. The van der Waals surface area contributed by atoms with Crippen LogP contribution in [0, 0.1) is 0 Å². The molecule has 18 heavy (non-hydrogen) atoms. The molecule has 1 fully saturated rings. The molecule has 1 aromatic carbocycles. The zero-order valence-corrected chi connectivity index (χ0v) is 10.7. The smallest absolute Gasteiger partial charge is 0.320 e. The van der Waals surface area contributed by atoms with E-state index in [1.54, 1.807) is 0 Å². The largest absolute Gasteiger partial charge is 0.480 e. The lowest BCUT2D eigenvalue weighted by molar-refractivity contribution is -0.142. The van der Waals surface area contributed by atoms with Crippen LogP contribution < -0.4 is 4.90 Å². The topological polar surface area (TPSA) is 43.8 Å². The molecule has 1 aliphatic rings. The Morgan fingerprint density at radius 3 is 2.83 bits per heavy atom. The summed E-state index contributed by atoms with van der Waals surface area (Å²) in [6, 6.07) is 9.88. The van der Waals surface area contributed by atoms with Gasteiger partial charge >= 0.3 is 5.97 Å². The number of carbonyl (C=O) groups is 1. The average molecular weight is 248 g/mol. The molecule has 0 saturated carbocycles. The highest BCUT2D eigenvalue weighted by molar-refractivity contribution is 5.73. The molecule has 1 aliphatic heterocycles. The van der Waals surface area contributed by atoms with Gasteiger partial charge in [-0.1, -0.05) is 18.2 Å². The number of aliphatic carboxylic acids is 1. The third kappa shape index (κ3) is 3.01. The Balaban J connectivity index is 1.86. The fourth-order valence-electron chi connectivity index (χ4n) is 2.46. The lowest BCUT2D eigenvalue weighted by Crippen LogP contribution is -2.40. The summed E-state index contributed by atoms with van der Waals surface area (Å²) in [7, 11) is 2.04. The fraction of sp³-hybridized carbons (Fsp3) is 0.500. The molecule has 4 heteroatoms. The first kappa shape index (κ1) is 12.9. The maximum absolute atomic E-state index is 11.1. The quantitative estimate of drug-likeness (QED) is 0.861. The minimum Gasteiger partial charge on any atom is -0.480 e. The van der Waals surface area contributed by atoms with Crippen LogP contribution in [0.3, 0.4) is 0 Å². The molecular weight excluding hydrogens is 228 g/mol. The van der Waals surface area contributed by atoms with Crippen LogP contribution in [-0.4, -0.2) is 48.7 Å². The van der Waals surface area contributed by atoms with Crippen molar-refractivity contribution in [2.75, 3.05) is 31.6 Å². The Morgan fingerprint density at radius 2 is 2.17 bits per heavy atom. The van der Waals surface area contributed by atoms with E-state index in [9.17, 15) is 4.79 Å². The molecule has 0 aromatic heterocycles. The third-order valence-corrected chi connectivity index (χ3v) is 3.57. The second kappa shape index (κ2) is 5.87. The zero-order valence-electron chi connectivity index (χ0n) is 10.7. The monoisotopic (exact) mass is 248 g/mol. The molecule has 0 unspecified atom stereocenters. The van der Waals surface area contributed by atoms with E-state index in [-0.39, 0.29) is 6.04 Å². The minimum atomic E-state index is -0.685. The van der Waals surface area contributed by atoms with Crippen molar-refractivity contribution in [2.45, 2.75) is 18.9 Å². The van der Waals surface area contributed by atoms with Crippen molar-refractivity contribution >= 4 is 11.7 Å². The van der Waals surface area contributed by atoms with Gasteiger partial charge in [0.15, 0.2) is 0 Å². The summed E-state index contributed by atoms with van der Waals surface area (Å²) in [6.07, 6.45) is 1.77. The van der Waals surface area contributed by atoms with Gasteiger partial charge in [-0.3, -0.25) is 9.69 Å². The predicted molar refractivity (Wildman–Crippen MR) is 71.9 cm³/mol. The van der Waals surface area contributed by atoms with E-state index in [0.29, 0.717) is 0 Å². The average Bonchev–Trinajstić information content (AvgIpc) is 2.85. The number of hydrogen-bond acceptors (Lipinski definition) is 3. The molecule has 2 rings (SSSR count). The van der Waals surface area contributed by atoms with Gasteiger partial charge in [-0.15, -0.1) is 0 Å². The molecule has 98 valence electrons. The Labute approximate surface area is 108 Å². The van der Waals surface area contributed by atoms with Crippen LogP contribution in [0.25, 0.3) is 0 Å². The summed E-state index contributed by atoms with van der Waals surface area (Å²) in [4.78, 5) is 15.3. The van der Waals surface area contributed by atoms with Gasteiger partial charge in [0.25, 0.3) is 0 Å². The van der Waals surface area contributed by atoms with E-state index in [1.807, 2.05) is 25.2 Å². The molecule has 1 N–H and O–H groups in total. The molecular formula is C14H20N2O2. The lowest BCUT2D eigenvalue weighted by atomic mass is 10.2. The van der Waals surface area contributed by atoms with E-state index in [1.165, 1.54) is 5.69 Å². The van der Waals surface area contributed by atoms with Crippen LogP contribution in [0.5, 0.6) is 0 Å². The first-order chi connectivity index (χ1) is 8.68. The zero-order chi connectivity index (χ0) is 13.0. The Bertz CT molecular complexity index is 394. The highest BCUT2D eigenvalue weighted by atomic mass is 16.4. The number of likely N-dealkylation sites (N-methyl/N-ethyl adjacent to an activating group) is 1. The number of carboxylic acids is 1. The van der Waals surface area contributed by atoms with Crippen molar-refractivity contribution < 1.29 is 9.90 Å². The van der Waals surface area contributed by atoms with Gasteiger partial charge in [0.05, 0.1) is 0 Å². The molecule has 0 bridgehead atoms. The van der Waals surface area contributed by atoms with Crippen molar-refractivity contribution in [1.82, 2.24) is 4.90 Å². The first-order valence-electron chi connectivity index (χ1n) is 6.41. The number of benzene rings is 1. The molecule has 4 nitrogen and oxygen atoms in total. The van der Waals surface area contributed by atoms with Crippen LogP contribution in [0.15, 0.2) is 30.3 Å². The highest BCUT2D eigenvalue weighted by Crippen LogP contribution is 2.17. The number of rotatable bonds is 5. The van der Waals surface area contributed by atoms with Gasteiger partial charge in [-0.05, 0) is 31.5 Å². The van der Waals surface area contributed by atoms with Crippen LogP contribution >= 0.6 is 0 Å². The Kier molecular flexibility index (Phi) is 4.20. The fourth-order valence-corrected chi connectivity index (χ4v) is 2.46. The predicted octanol–water partition coefficient (Wildman–Crippen LogP) is 1.67. The molecule has 0 aliphatic carbocycles. The van der Waals surface area contributed by atoms with E-state index in [0.717, 1.165) is 32.5 Å². The SMILES string of the molecule is CN(CCN1CCC[C@H]1C(=O)O)c1ccccc1. The molecule has 1 heterocycles. The molecule has 1 saturated heterocycles. The maximum Gasteiger partial charge on any atom is 0.320 e. The summed E-state index contributed by atoms with van der Waals surface area (Å²) in [5, 5.41) is 9.11. The van der Waals surface area contributed by atoms with Crippen molar-refractivity contribution in [3.8, 4) is 0 Å². The van der Waals surface area contributed by atoms with Crippen LogP contribution in [0.1, 0.15) is 12.8 Å². The summed E-state index contributed by atoms with van der Waals surface area (Å²) in [6.45, 7) is 2.57. The van der Waals surface area contributed by atoms with E-state index in [2.05, 4.69) is 21.9 Å². The number of hydrogen-bond donors (Lipinski definition) is 1.